The van der Waals surface area contributed by atoms with E-state index in [-0.39, 0.29) is 18.4 Å². The molecule has 2 heterocycles. The van der Waals surface area contributed by atoms with Gasteiger partial charge in [0.25, 0.3) is 0 Å². The number of aromatic nitrogens is 2. The Bertz CT molecular complexity index is 1280. The Morgan fingerprint density at radius 3 is 2.51 bits per heavy atom. The van der Waals surface area contributed by atoms with Gasteiger partial charge < -0.3 is 40.0 Å². The van der Waals surface area contributed by atoms with E-state index in [0.717, 1.165) is 33.5 Å². The lowest BCUT2D eigenvalue weighted by Gasteiger charge is -2.39. The lowest BCUT2D eigenvalue weighted by molar-refractivity contribution is -0.278. The van der Waals surface area contributed by atoms with Gasteiger partial charge in [-0.05, 0) is 41.5 Å². The topological polar surface area (TPSA) is 166 Å². The molecule has 4 rings (SSSR count). The molecule has 11 nitrogen and oxygen atoms in total. The first-order valence-electron chi connectivity index (χ1n) is 13.7. The SMILES string of the molecule is Cc1cc(CCNC(=O)OCc2ccccc2)ccc1Cc1c(OC2O[C@H](CO)[C@@H](O)[C@H](O)[C@H]2O)n[nH]c1C(C)C. The third-order valence-corrected chi connectivity index (χ3v) is 7.18. The first-order chi connectivity index (χ1) is 19.7. The van der Waals surface area contributed by atoms with Crippen LogP contribution in [0.2, 0.25) is 0 Å². The molecule has 1 unspecified atom stereocenters. The van der Waals surface area contributed by atoms with Gasteiger partial charge in [0.2, 0.25) is 12.2 Å². The van der Waals surface area contributed by atoms with E-state index < -0.39 is 43.4 Å². The van der Waals surface area contributed by atoms with Gasteiger partial charge in [-0.25, -0.2) is 4.79 Å². The number of rotatable bonds is 11. The minimum atomic E-state index is -1.55. The molecule has 0 aliphatic carbocycles. The van der Waals surface area contributed by atoms with Crippen molar-refractivity contribution in [2.24, 2.45) is 0 Å². The normalized spacial score (nSPS) is 22.5. The molecule has 11 heteroatoms. The van der Waals surface area contributed by atoms with Crippen LogP contribution in [0.1, 0.15) is 53.3 Å². The standard InChI is InChI=1S/C30H39N3O8/c1-17(2)24-22(28(33-32-24)41-29-27(37)26(36)25(35)23(15-34)40-29)14-21-10-9-19(13-18(21)3)11-12-31-30(38)39-16-20-7-5-4-6-8-20/h4-10,13,17,23,25-27,29,34-37H,11-12,14-16H2,1-3H3,(H,31,38)(H,32,33)/t23-,25-,26+,27-,29?/m1/s1. The second-order valence-electron chi connectivity index (χ2n) is 10.6. The number of benzene rings is 2. The molecule has 1 aliphatic rings. The molecule has 0 saturated carbocycles. The van der Waals surface area contributed by atoms with Crippen LogP contribution in [0.25, 0.3) is 0 Å². The van der Waals surface area contributed by atoms with Crippen molar-refractivity contribution in [1.82, 2.24) is 15.5 Å². The summed E-state index contributed by atoms with van der Waals surface area (Å²) in [5.74, 6) is 0.302. The van der Waals surface area contributed by atoms with Gasteiger partial charge in [-0.2, -0.15) is 0 Å². The zero-order valence-corrected chi connectivity index (χ0v) is 23.5. The molecule has 0 spiro atoms. The lowest BCUT2D eigenvalue weighted by atomic mass is 9.95. The summed E-state index contributed by atoms with van der Waals surface area (Å²) in [4.78, 5) is 12.0. The van der Waals surface area contributed by atoms with Gasteiger partial charge in [0, 0.05) is 24.2 Å². The molecule has 222 valence electrons. The Balaban J connectivity index is 1.38. The molecule has 2 aromatic carbocycles. The third-order valence-electron chi connectivity index (χ3n) is 7.18. The highest BCUT2D eigenvalue weighted by Crippen LogP contribution is 2.32. The number of aliphatic hydroxyl groups excluding tert-OH is 4. The molecule has 1 fully saturated rings. The smallest absolute Gasteiger partial charge is 0.407 e. The van der Waals surface area contributed by atoms with Gasteiger partial charge in [-0.15, -0.1) is 5.10 Å². The van der Waals surface area contributed by atoms with E-state index in [4.69, 9.17) is 14.2 Å². The Hall–Kier alpha value is -3.48. The number of alkyl carbamates (subject to hydrolysis) is 1. The highest BCUT2D eigenvalue weighted by atomic mass is 16.7. The summed E-state index contributed by atoms with van der Waals surface area (Å²) in [6, 6.07) is 15.6. The number of H-pyrrole nitrogens is 1. The fourth-order valence-corrected chi connectivity index (χ4v) is 4.77. The van der Waals surface area contributed by atoms with Gasteiger partial charge in [0.15, 0.2) is 0 Å². The van der Waals surface area contributed by atoms with Crippen LogP contribution in [-0.2, 0) is 28.9 Å². The van der Waals surface area contributed by atoms with E-state index >= 15 is 0 Å². The molecule has 41 heavy (non-hydrogen) atoms. The number of aliphatic hydroxyl groups is 4. The van der Waals surface area contributed by atoms with Crippen molar-refractivity contribution in [3.8, 4) is 5.88 Å². The van der Waals surface area contributed by atoms with Crippen LogP contribution in [0.3, 0.4) is 0 Å². The molecule has 5 atom stereocenters. The first-order valence-corrected chi connectivity index (χ1v) is 13.7. The van der Waals surface area contributed by atoms with E-state index in [1.54, 1.807) is 0 Å². The monoisotopic (exact) mass is 569 g/mol. The van der Waals surface area contributed by atoms with Crippen molar-refractivity contribution >= 4 is 6.09 Å². The Morgan fingerprint density at radius 2 is 1.83 bits per heavy atom. The molecule has 1 saturated heterocycles. The van der Waals surface area contributed by atoms with Gasteiger partial charge in [-0.3, -0.25) is 5.10 Å². The van der Waals surface area contributed by atoms with Crippen LogP contribution in [0.4, 0.5) is 4.79 Å². The second kappa shape index (κ2) is 13.9. The van der Waals surface area contributed by atoms with Gasteiger partial charge in [-0.1, -0.05) is 62.4 Å². The van der Waals surface area contributed by atoms with Crippen LogP contribution in [0, 0.1) is 6.92 Å². The summed E-state index contributed by atoms with van der Waals surface area (Å²) in [5, 5.41) is 50.2. The maximum Gasteiger partial charge on any atom is 0.407 e. The number of nitrogens with one attached hydrogen (secondary N) is 2. The Morgan fingerprint density at radius 1 is 1.07 bits per heavy atom. The van der Waals surface area contributed by atoms with E-state index in [1.807, 2.05) is 63.2 Å². The molecular weight excluding hydrogens is 530 g/mol. The molecule has 3 aromatic rings. The number of aromatic amines is 1. The molecule has 1 amide bonds. The predicted octanol–water partition coefficient (Wildman–Crippen LogP) is 2.08. The average Bonchev–Trinajstić information content (AvgIpc) is 3.36. The molecular formula is C30H39N3O8. The number of hydrogen-bond donors (Lipinski definition) is 6. The van der Waals surface area contributed by atoms with E-state index in [1.165, 1.54) is 0 Å². The minimum absolute atomic E-state index is 0.0944. The highest BCUT2D eigenvalue weighted by molar-refractivity contribution is 5.67. The third kappa shape index (κ3) is 7.63. The van der Waals surface area contributed by atoms with E-state index in [2.05, 4.69) is 21.6 Å². The van der Waals surface area contributed by atoms with Crippen molar-refractivity contribution in [3.63, 3.8) is 0 Å². The van der Waals surface area contributed by atoms with Crippen molar-refractivity contribution < 1.29 is 39.4 Å². The van der Waals surface area contributed by atoms with Crippen molar-refractivity contribution in [1.29, 1.82) is 0 Å². The number of ether oxygens (including phenoxy) is 3. The summed E-state index contributed by atoms with van der Waals surface area (Å²) in [6.07, 6.45) is -6.32. The van der Waals surface area contributed by atoms with E-state index in [0.29, 0.717) is 19.4 Å². The molecule has 6 N–H and O–H groups in total. The van der Waals surface area contributed by atoms with Gasteiger partial charge >= 0.3 is 6.09 Å². The van der Waals surface area contributed by atoms with Crippen molar-refractivity contribution in [3.05, 3.63) is 82.0 Å². The summed E-state index contributed by atoms with van der Waals surface area (Å²) in [7, 11) is 0. The number of carbonyl (C=O) groups is 1. The summed E-state index contributed by atoms with van der Waals surface area (Å²) in [6.45, 7) is 6.14. The zero-order valence-electron chi connectivity index (χ0n) is 23.5. The number of nitrogens with zero attached hydrogens (tertiary/aromatic N) is 1. The molecule has 0 radical (unpaired) electrons. The first kappa shape index (κ1) is 30.5. The summed E-state index contributed by atoms with van der Waals surface area (Å²) in [5.41, 5.74) is 5.69. The number of aryl methyl sites for hydroxylation is 1. The number of carbonyl (C=O) groups excluding carboxylic acids is 1. The molecule has 1 aliphatic heterocycles. The lowest BCUT2D eigenvalue weighted by Crippen LogP contribution is -2.60. The number of amides is 1. The fourth-order valence-electron chi connectivity index (χ4n) is 4.77. The minimum Gasteiger partial charge on any atom is -0.445 e. The Labute approximate surface area is 239 Å². The van der Waals surface area contributed by atoms with Crippen molar-refractivity contribution in [2.45, 2.75) is 76.8 Å². The maximum absolute atomic E-state index is 12.0. The van der Waals surface area contributed by atoms with Crippen molar-refractivity contribution in [2.75, 3.05) is 13.2 Å². The second-order valence-corrected chi connectivity index (χ2v) is 10.6. The van der Waals surface area contributed by atoms with Crippen LogP contribution in [0.15, 0.2) is 48.5 Å². The molecule has 0 bridgehead atoms. The molecule has 1 aromatic heterocycles. The zero-order chi connectivity index (χ0) is 29.5. The quantitative estimate of drug-likeness (QED) is 0.203. The maximum atomic E-state index is 12.0. The Kier molecular flexibility index (Phi) is 10.4. The number of hydrogen-bond acceptors (Lipinski definition) is 9. The summed E-state index contributed by atoms with van der Waals surface area (Å²) < 4.78 is 16.7. The van der Waals surface area contributed by atoms with Crippen LogP contribution >= 0.6 is 0 Å². The fraction of sp³-hybridized carbons (Fsp3) is 0.467. The summed E-state index contributed by atoms with van der Waals surface area (Å²) >= 11 is 0. The van der Waals surface area contributed by atoms with E-state index in [9.17, 15) is 25.2 Å². The predicted molar refractivity (Wildman–Crippen MR) is 149 cm³/mol. The highest BCUT2D eigenvalue weighted by Gasteiger charge is 2.45. The van der Waals surface area contributed by atoms with Gasteiger partial charge in [0.1, 0.15) is 31.0 Å². The average molecular weight is 570 g/mol. The van der Waals surface area contributed by atoms with Crippen LogP contribution < -0.4 is 10.1 Å². The van der Waals surface area contributed by atoms with Crippen LogP contribution in [0.5, 0.6) is 5.88 Å². The largest absolute Gasteiger partial charge is 0.445 e. The van der Waals surface area contributed by atoms with Gasteiger partial charge in [0.05, 0.1) is 6.61 Å². The van der Waals surface area contributed by atoms with Crippen LogP contribution in [-0.4, -0.2) is 80.6 Å².